The van der Waals surface area contributed by atoms with Gasteiger partial charge in [0.1, 0.15) is 6.29 Å². The number of hydrogen-bond donors (Lipinski definition) is 2. The quantitative estimate of drug-likeness (QED) is 0.698. The average molecular weight is 196 g/mol. The first kappa shape index (κ1) is 11.2. The zero-order valence-corrected chi connectivity index (χ0v) is 9.36. The molecule has 80 valence electrons. The molecule has 0 aromatic carbocycles. The topological polar surface area (TPSA) is 41.9 Å². The van der Waals surface area contributed by atoms with Gasteiger partial charge in [0.2, 0.25) is 0 Å². The third-order valence-electron chi connectivity index (χ3n) is 1.81. The van der Waals surface area contributed by atoms with E-state index >= 15 is 0 Å². The maximum absolute atomic E-state index is 4.04. The molecule has 0 amide bonds. The van der Waals surface area contributed by atoms with Crippen LogP contribution in [0.1, 0.15) is 34.0 Å². The molecule has 1 aromatic rings. The van der Waals surface area contributed by atoms with Gasteiger partial charge in [-0.1, -0.05) is 0 Å². The summed E-state index contributed by atoms with van der Waals surface area (Å²) in [6.07, 6.45) is 5.68. The third kappa shape index (κ3) is 3.47. The number of imidazole rings is 1. The van der Waals surface area contributed by atoms with Gasteiger partial charge in [0.25, 0.3) is 0 Å². The fourth-order valence-electron chi connectivity index (χ4n) is 1.27. The Bertz CT molecular complexity index is 231. The van der Waals surface area contributed by atoms with Crippen LogP contribution < -0.4 is 10.6 Å². The van der Waals surface area contributed by atoms with E-state index in [0.717, 1.165) is 0 Å². The monoisotopic (exact) mass is 196 g/mol. The molecule has 0 spiro atoms. The zero-order valence-electron chi connectivity index (χ0n) is 9.36. The molecule has 0 bridgehead atoms. The number of aromatic nitrogens is 2. The molecule has 1 aromatic heterocycles. The number of hydrogen-bond acceptors (Lipinski definition) is 3. The number of nitrogens with one attached hydrogen (secondary N) is 2. The van der Waals surface area contributed by atoms with Crippen LogP contribution in [0.2, 0.25) is 0 Å². The molecule has 0 aliphatic heterocycles. The molecule has 0 saturated heterocycles. The molecule has 2 N–H and O–H groups in total. The Balaban J connectivity index is 2.62. The van der Waals surface area contributed by atoms with Gasteiger partial charge in [0.05, 0.1) is 6.33 Å². The second-order valence-corrected chi connectivity index (χ2v) is 4.06. The standard InChI is InChI=1S/C10H20N4/c1-8(2)12-10(13-9(3)4)14-6-5-11-7-14/h5-10,12-13H,1-4H3. The zero-order chi connectivity index (χ0) is 10.6. The summed E-state index contributed by atoms with van der Waals surface area (Å²) >= 11 is 0. The minimum absolute atomic E-state index is 0.123. The summed E-state index contributed by atoms with van der Waals surface area (Å²) in [5.41, 5.74) is 0. The highest BCUT2D eigenvalue weighted by atomic mass is 15.3. The summed E-state index contributed by atoms with van der Waals surface area (Å²) in [4.78, 5) is 4.04. The summed E-state index contributed by atoms with van der Waals surface area (Å²) in [6.45, 7) is 8.52. The highest BCUT2D eigenvalue weighted by Crippen LogP contribution is 2.00. The van der Waals surface area contributed by atoms with E-state index in [1.54, 1.807) is 6.20 Å². The fraction of sp³-hybridized carbons (Fsp3) is 0.700. The fourth-order valence-corrected chi connectivity index (χ4v) is 1.27. The Labute approximate surface area is 85.7 Å². The van der Waals surface area contributed by atoms with Crippen molar-refractivity contribution in [2.75, 3.05) is 0 Å². The lowest BCUT2D eigenvalue weighted by Crippen LogP contribution is -2.44. The van der Waals surface area contributed by atoms with Crippen LogP contribution in [-0.4, -0.2) is 21.6 Å². The van der Waals surface area contributed by atoms with Crippen LogP contribution in [-0.2, 0) is 0 Å². The summed E-state index contributed by atoms with van der Waals surface area (Å²) in [5.74, 6) is 0. The normalized spacial score (nSPS) is 11.9. The first-order chi connectivity index (χ1) is 6.59. The SMILES string of the molecule is CC(C)NC(NC(C)C)n1ccnc1. The Morgan fingerprint density at radius 2 is 1.64 bits per heavy atom. The predicted molar refractivity (Wildman–Crippen MR) is 57.8 cm³/mol. The molecule has 0 saturated carbocycles. The van der Waals surface area contributed by atoms with Crippen LogP contribution in [0.5, 0.6) is 0 Å². The summed E-state index contributed by atoms with van der Waals surface area (Å²) < 4.78 is 2.03. The van der Waals surface area contributed by atoms with E-state index < -0.39 is 0 Å². The van der Waals surface area contributed by atoms with Gasteiger partial charge in [-0.3, -0.25) is 10.6 Å². The molecule has 0 unspecified atom stereocenters. The van der Waals surface area contributed by atoms with Crippen LogP contribution >= 0.6 is 0 Å². The first-order valence-corrected chi connectivity index (χ1v) is 5.09. The van der Waals surface area contributed by atoms with E-state index in [0.29, 0.717) is 12.1 Å². The van der Waals surface area contributed by atoms with Crippen molar-refractivity contribution in [2.24, 2.45) is 0 Å². The minimum atomic E-state index is 0.123. The average Bonchev–Trinajstić information content (AvgIpc) is 2.52. The van der Waals surface area contributed by atoms with Gasteiger partial charge in [-0.15, -0.1) is 0 Å². The highest BCUT2D eigenvalue weighted by Gasteiger charge is 2.11. The Morgan fingerprint density at radius 1 is 1.07 bits per heavy atom. The number of nitrogens with zero attached hydrogens (tertiary/aromatic N) is 2. The summed E-state index contributed by atoms with van der Waals surface area (Å²) in [5, 5.41) is 6.85. The van der Waals surface area contributed by atoms with E-state index in [1.165, 1.54) is 0 Å². The molecular formula is C10H20N4. The molecule has 0 fully saturated rings. The number of rotatable bonds is 5. The van der Waals surface area contributed by atoms with Gasteiger partial charge in [-0.2, -0.15) is 0 Å². The maximum Gasteiger partial charge on any atom is 0.140 e. The van der Waals surface area contributed by atoms with E-state index in [-0.39, 0.29) is 6.29 Å². The molecule has 0 aliphatic carbocycles. The minimum Gasteiger partial charge on any atom is -0.308 e. The van der Waals surface area contributed by atoms with Gasteiger partial charge < -0.3 is 4.57 Å². The Morgan fingerprint density at radius 3 is 2.00 bits per heavy atom. The summed E-state index contributed by atoms with van der Waals surface area (Å²) in [6, 6.07) is 0.877. The van der Waals surface area contributed by atoms with Gasteiger partial charge in [-0.05, 0) is 27.7 Å². The van der Waals surface area contributed by atoms with Crippen LogP contribution in [0.4, 0.5) is 0 Å². The van der Waals surface area contributed by atoms with Crippen molar-refractivity contribution in [3.05, 3.63) is 18.7 Å². The van der Waals surface area contributed by atoms with Gasteiger partial charge >= 0.3 is 0 Å². The maximum atomic E-state index is 4.04. The molecule has 1 rings (SSSR count). The van der Waals surface area contributed by atoms with Crippen LogP contribution in [0.3, 0.4) is 0 Å². The van der Waals surface area contributed by atoms with Crippen LogP contribution in [0.25, 0.3) is 0 Å². The molecule has 0 atom stereocenters. The Kier molecular flexibility index (Phi) is 4.10. The van der Waals surface area contributed by atoms with Crippen molar-refractivity contribution in [3.63, 3.8) is 0 Å². The molecule has 1 heterocycles. The molecule has 0 aliphatic rings. The molecule has 4 heteroatoms. The second kappa shape index (κ2) is 5.12. The van der Waals surface area contributed by atoms with Crippen molar-refractivity contribution in [3.8, 4) is 0 Å². The first-order valence-electron chi connectivity index (χ1n) is 5.09. The lowest BCUT2D eigenvalue weighted by Gasteiger charge is -2.25. The third-order valence-corrected chi connectivity index (χ3v) is 1.81. The largest absolute Gasteiger partial charge is 0.308 e. The summed E-state index contributed by atoms with van der Waals surface area (Å²) in [7, 11) is 0. The highest BCUT2D eigenvalue weighted by molar-refractivity contribution is 4.80. The Hall–Kier alpha value is -0.870. The van der Waals surface area contributed by atoms with E-state index in [2.05, 4.69) is 43.3 Å². The van der Waals surface area contributed by atoms with Crippen molar-refractivity contribution in [1.82, 2.24) is 20.2 Å². The van der Waals surface area contributed by atoms with Crippen molar-refractivity contribution in [1.29, 1.82) is 0 Å². The smallest absolute Gasteiger partial charge is 0.140 e. The van der Waals surface area contributed by atoms with Crippen molar-refractivity contribution >= 4 is 0 Å². The van der Waals surface area contributed by atoms with Gasteiger partial charge in [0.15, 0.2) is 0 Å². The van der Waals surface area contributed by atoms with Gasteiger partial charge in [0, 0.05) is 24.5 Å². The van der Waals surface area contributed by atoms with Crippen molar-refractivity contribution in [2.45, 2.75) is 46.1 Å². The lowest BCUT2D eigenvalue weighted by atomic mass is 10.3. The van der Waals surface area contributed by atoms with Crippen molar-refractivity contribution < 1.29 is 0 Å². The van der Waals surface area contributed by atoms with E-state index in [1.807, 2.05) is 17.1 Å². The van der Waals surface area contributed by atoms with E-state index in [4.69, 9.17) is 0 Å². The van der Waals surface area contributed by atoms with E-state index in [9.17, 15) is 0 Å². The molecule has 0 radical (unpaired) electrons. The predicted octanol–water partition coefficient (Wildman–Crippen LogP) is 1.34. The second-order valence-electron chi connectivity index (χ2n) is 4.06. The van der Waals surface area contributed by atoms with Crippen LogP contribution in [0, 0.1) is 0 Å². The lowest BCUT2D eigenvalue weighted by molar-refractivity contribution is 0.285. The molecular weight excluding hydrogens is 176 g/mol. The molecule has 4 nitrogen and oxygen atoms in total. The van der Waals surface area contributed by atoms with Crippen LogP contribution in [0.15, 0.2) is 18.7 Å². The van der Waals surface area contributed by atoms with Gasteiger partial charge in [-0.25, -0.2) is 4.98 Å². The molecule has 14 heavy (non-hydrogen) atoms.